The monoisotopic (exact) mass is 1020 g/mol. The standard InChI is InChI=1S/2C25H38BrNO3S/c2*1-8-18-15-24(13-12-22(18)29-7)16-19-10-11-20(26)14-21(19)25(24,17(3)30-9-2)27-31(28)23(4,5)6/h2*10-11,14,18,22,27H,3,8-9,12-13,15-16H2,1-2,4-7H3/t2*18-,22-,24-,25+,31+/m11/s1. The van der Waals surface area contributed by atoms with E-state index in [0.29, 0.717) is 36.6 Å². The van der Waals surface area contributed by atoms with Crippen LogP contribution in [-0.2, 0) is 64.8 Å². The predicted octanol–water partition coefficient (Wildman–Crippen LogP) is 12.0. The summed E-state index contributed by atoms with van der Waals surface area (Å²) in [7, 11) is 1.06. The van der Waals surface area contributed by atoms with Gasteiger partial charge in [0.1, 0.15) is 22.6 Å². The molecule has 10 atom stereocenters. The SMILES string of the molecule is C=C(OCC)[C@]1(N[S@@](=O)C(C)(C)C)c2cc(Br)ccc2C[C@]12CC[C@@H](OC)[C@H](CC)C2.C=C(OCC)[C@]1(N[S@@](=O)C(C)(C)C)c2cc(Br)ccc2C[C@]12CC[C@@H](OC)[C@H](CC)C2. The summed E-state index contributed by atoms with van der Waals surface area (Å²) in [6.07, 6.45) is 10.3. The Bertz CT molecular complexity index is 1840. The van der Waals surface area contributed by atoms with Gasteiger partial charge in [0.05, 0.1) is 56.9 Å². The first-order valence-corrected chi connectivity index (χ1v) is 26.6. The van der Waals surface area contributed by atoms with E-state index in [1.54, 1.807) is 0 Å². The molecule has 2 N–H and O–H groups in total. The highest BCUT2D eigenvalue weighted by atomic mass is 79.9. The molecule has 2 aromatic rings. The topological polar surface area (TPSA) is 95.1 Å². The molecule has 12 heteroatoms. The average Bonchev–Trinajstić information content (AvgIpc) is 3.62. The van der Waals surface area contributed by atoms with Gasteiger partial charge in [0, 0.05) is 34.0 Å². The Balaban J connectivity index is 0.000000234. The van der Waals surface area contributed by atoms with Gasteiger partial charge < -0.3 is 18.9 Å². The van der Waals surface area contributed by atoms with Gasteiger partial charge in [-0.05, 0) is 165 Å². The van der Waals surface area contributed by atoms with Crippen LogP contribution in [0.2, 0.25) is 0 Å². The minimum atomic E-state index is -1.29. The van der Waals surface area contributed by atoms with Crippen molar-refractivity contribution in [1.29, 1.82) is 0 Å². The van der Waals surface area contributed by atoms with Gasteiger partial charge in [-0.3, -0.25) is 0 Å². The first-order valence-electron chi connectivity index (χ1n) is 22.8. The van der Waals surface area contributed by atoms with Crippen molar-refractivity contribution in [3.8, 4) is 0 Å². The molecule has 0 bridgehead atoms. The molecule has 8 nitrogen and oxygen atoms in total. The summed E-state index contributed by atoms with van der Waals surface area (Å²) in [5.74, 6) is 2.23. The van der Waals surface area contributed by atoms with Gasteiger partial charge in [-0.15, -0.1) is 0 Å². The number of ether oxygens (including phenoxy) is 4. The molecule has 348 valence electrons. The van der Waals surface area contributed by atoms with E-state index in [4.69, 9.17) is 18.9 Å². The lowest BCUT2D eigenvalue weighted by Gasteiger charge is -2.53. The molecule has 2 aromatic carbocycles. The second-order valence-electron chi connectivity index (χ2n) is 20.1. The maximum atomic E-state index is 13.6. The molecule has 2 spiro atoms. The number of hydrogen-bond acceptors (Lipinski definition) is 6. The minimum absolute atomic E-state index is 0.168. The molecule has 0 unspecified atom stereocenters. The van der Waals surface area contributed by atoms with E-state index in [1.807, 2.05) is 69.6 Å². The van der Waals surface area contributed by atoms with Gasteiger partial charge in [0.15, 0.2) is 0 Å². The lowest BCUT2D eigenvalue weighted by atomic mass is 9.58. The fraction of sp³-hybridized carbons (Fsp3) is 0.680. The van der Waals surface area contributed by atoms with Gasteiger partial charge in [0.2, 0.25) is 0 Å². The molecular formula is C50H76Br2N2O6S2. The number of hydrogen-bond donors (Lipinski definition) is 2. The van der Waals surface area contributed by atoms with Gasteiger partial charge >= 0.3 is 0 Å². The molecule has 4 aliphatic carbocycles. The molecule has 0 amide bonds. The van der Waals surface area contributed by atoms with Crippen molar-refractivity contribution in [3.63, 3.8) is 0 Å². The molecule has 4 aliphatic rings. The molecule has 0 aromatic heterocycles. The van der Waals surface area contributed by atoms with E-state index >= 15 is 0 Å². The third kappa shape index (κ3) is 9.57. The van der Waals surface area contributed by atoms with Gasteiger partial charge in [-0.2, -0.15) is 0 Å². The van der Waals surface area contributed by atoms with E-state index in [-0.39, 0.29) is 23.0 Å². The van der Waals surface area contributed by atoms with E-state index in [1.165, 1.54) is 11.1 Å². The highest BCUT2D eigenvalue weighted by Crippen LogP contribution is 2.64. The Hall–Kier alpha value is -1.38. The first-order chi connectivity index (χ1) is 29.1. The van der Waals surface area contributed by atoms with Crippen molar-refractivity contribution in [2.24, 2.45) is 22.7 Å². The zero-order valence-electron chi connectivity index (χ0n) is 39.7. The van der Waals surface area contributed by atoms with Gasteiger partial charge in [-0.1, -0.05) is 83.8 Å². The summed E-state index contributed by atoms with van der Waals surface area (Å²) in [6, 6.07) is 12.9. The number of benzene rings is 2. The van der Waals surface area contributed by atoms with Crippen molar-refractivity contribution >= 4 is 53.8 Å². The van der Waals surface area contributed by atoms with Crippen molar-refractivity contribution in [3.05, 3.63) is 92.3 Å². The van der Waals surface area contributed by atoms with Crippen molar-refractivity contribution < 1.29 is 27.4 Å². The maximum absolute atomic E-state index is 13.6. The Morgan fingerprint density at radius 2 is 1.03 bits per heavy atom. The van der Waals surface area contributed by atoms with Crippen LogP contribution in [0.3, 0.4) is 0 Å². The Labute approximate surface area is 396 Å². The largest absolute Gasteiger partial charge is 0.496 e. The second-order valence-corrected chi connectivity index (χ2v) is 25.8. The molecule has 2 saturated carbocycles. The van der Waals surface area contributed by atoms with Crippen molar-refractivity contribution in [2.45, 2.75) is 166 Å². The fourth-order valence-electron chi connectivity index (χ4n) is 11.4. The third-order valence-corrected chi connectivity index (χ3v) is 18.7. The van der Waals surface area contributed by atoms with Crippen molar-refractivity contribution in [1.82, 2.24) is 9.44 Å². The summed E-state index contributed by atoms with van der Waals surface area (Å²) in [6.45, 7) is 30.4. The number of halogens is 2. The van der Waals surface area contributed by atoms with Crippen LogP contribution in [0.4, 0.5) is 0 Å². The second kappa shape index (κ2) is 20.2. The van der Waals surface area contributed by atoms with Crippen LogP contribution in [0.25, 0.3) is 0 Å². The van der Waals surface area contributed by atoms with Crippen LogP contribution in [0.15, 0.2) is 70.0 Å². The third-order valence-electron chi connectivity index (χ3n) is 14.5. The average molecular weight is 1030 g/mol. The molecule has 0 saturated heterocycles. The molecular weight excluding hydrogens is 948 g/mol. The summed E-state index contributed by atoms with van der Waals surface area (Å²) < 4.78 is 59.7. The molecule has 6 rings (SSSR count). The zero-order chi connectivity index (χ0) is 46.1. The van der Waals surface area contributed by atoms with Crippen molar-refractivity contribution in [2.75, 3.05) is 27.4 Å². The quantitative estimate of drug-likeness (QED) is 0.183. The number of fused-ring (bicyclic) bond motifs is 2. The zero-order valence-corrected chi connectivity index (χ0v) is 44.5. The normalized spacial score (nSPS) is 31.5. The Morgan fingerprint density at radius 1 is 0.677 bits per heavy atom. The fourth-order valence-corrected chi connectivity index (χ4v) is 14.1. The van der Waals surface area contributed by atoms with Gasteiger partial charge in [-0.25, -0.2) is 17.9 Å². The van der Waals surface area contributed by atoms with Crippen LogP contribution in [0, 0.1) is 22.7 Å². The lowest BCUT2D eigenvalue weighted by molar-refractivity contribution is -0.0544. The molecule has 0 aliphatic heterocycles. The number of rotatable bonds is 14. The summed E-state index contributed by atoms with van der Waals surface area (Å²) in [5.41, 5.74) is 3.09. The molecule has 0 heterocycles. The lowest BCUT2D eigenvalue weighted by Crippen LogP contribution is -2.60. The van der Waals surface area contributed by atoms with E-state index in [9.17, 15) is 8.42 Å². The summed E-state index contributed by atoms with van der Waals surface area (Å²) in [5, 5.41) is 0. The number of methoxy groups -OCH3 is 2. The van der Waals surface area contributed by atoms with Crippen LogP contribution in [0.1, 0.15) is 143 Å². The van der Waals surface area contributed by atoms with Crippen LogP contribution in [-0.4, -0.2) is 57.6 Å². The molecule has 0 radical (unpaired) electrons. The Morgan fingerprint density at radius 3 is 1.32 bits per heavy atom. The highest BCUT2D eigenvalue weighted by molar-refractivity contribution is 9.10. The van der Waals surface area contributed by atoms with Crippen LogP contribution < -0.4 is 9.44 Å². The first kappa shape index (κ1) is 51.6. The van der Waals surface area contributed by atoms with E-state index in [0.717, 1.165) is 84.3 Å². The molecule has 62 heavy (non-hydrogen) atoms. The highest BCUT2D eigenvalue weighted by Gasteiger charge is 2.65. The van der Waals surface area contributed by atoms with Gasteiger partial charge in [0.25, 0.3) is 0 Å². The van der Waals surface area contributed by atoms with Crippen LogP contribution in [0.5, 0.6) is 0 Å². The minimum Gasteiger partial charge on any atom is -0.496 e. The van der Waals surface area contributed by atoms with E-state index in [2.05, 4.69) is 105 Å². The summed E-state index contributed by atoms with van der Waals surface area (Å²) in [4.78, 5) is 0. The summed E-state index contributed by atoms with van der Waals surface area (Å²) >= 11 is 7.35. The maximum Gasteiger partial charge on any atom is 0.118 e. The molecule has 2 fully saturated rings. The number of nitrogens with one attached hydrogen (secondary N) is 2. The van der Waals surface area contributed by atoms with E-state index < -0.39 is 42.5 Å². The van der Waals surface area contributed by atoms with Crippen LogP contribution >= 0.6 is 31.9 Å². The Kier molecular flexibility index (Phi) is 16.8. The smallest absolute Gasteiger partial charge is 0.118 e. The predicted molar refractivity (Wildman–Crippen MR) is 264 cm³/mol.